The maximum Gasteiger partial charge on any atom is 0.260 e. The molecule has 4 heteroatoms. The van der Waals surface area contributed by atoms with E-state index < -0.39 is 0 Å². The minimum Gasteiger partial charge on any atom is -0.484 e. The van der Waals surface area contributed by atoms with Gasteiger partial charge in [-0.25, -0.2) is 0 Å². The number of nitrogens with zero attached hydrogens (tertiary/aromatic N) is 1. The lowest BCUT2D eigenvalue weighted by molar-refractivity contribution is -0.132. The van der Waals surface area contributed by atoms with Crippen LogP contribution < -0.4 is 4.74 Å². The third-order valence-electron chi connectivity index (χ3n) is 4.84. The highest BCUT2D eigenvalue weighted by molar-refractivity contribution is 5.78. The number of amides is 1. The fourth-order valence-electron chi connectivity index (χ4n) is 3.53. The van der Waals surface area contributed by atoms with E-state index in [0.717, 1.165) is 31.6 Å². The van der Waals surface area contributed by atoms with E-state index in [1.807, 2.05) is 23.1 Å². The first-order chi connectivity index (χ1) is 10.2. The summed E-state index contributed by atoms with van der Waals surface area (Å²) in [5.74, 6) is 1.53. The molecular formula is C17H23NO3. The lowest BCUT2D eigenvalue weighted by atomic mass is 10.00. The Balaban J connectivity index is 1.53. The molecule has 1 saturated carbocycles. The number of aliphatic hydroxyl groups is 1. The second-order valence-electron chi connectivity index (χ2n) is 6.16. The summed E-state index contributed by atoms with van der Waals surface area (Å²) in [5, 5.41) is 9.90. The van der Waals surface area contributed by atoms with Gasteiger partial charge in [-0.2, -0.15) is 0 Å². The zero-order valence-corrected chi connectivity index (χ0v) is 12.5. The average Bonchev–Trinajstić information content (AvgIpc) is 3.07. The number of carbonyl (C=O) groups excluding carboxylic acids is 1. The van der Waals surface area contributed by atoms with Crippen molar-refractivity contribution in [1.29, 1.82) is 0 Å². The summed E-state index contributed by atoms with van der Waals surface area (Å²) in [5.41, 5.74) is 1.21. The molecule has 0 radical (unpaired) electrons. The molecule has 1 aliphatic heterocycles. The molecule has 1 saturated heterocycles. The van der Waals surface area contributed by atoms with Crippen LogP contribution in [0.15, 0.2) is 24.3 Å². The first-order valence-corrected chi connectivity index (χ1v) is 7.85. The smallest absolute Gasteiger partial charge is 0.260 e. The van der Waals surface area contributed by atoms with E-state index in [9.17, 15) is 9.90 Å². The highest BCUT2D eigenvalue weighted by Gasteiger charge is 2.43. The van der Waals surface area contributed by atoms with Crippen molar-refractivity contribution < 1.29 is 14.6 Å². The van der Waals surface area contributed by atoms with Crippen LogP contribution in [0.4, 0.5) is 0 Å². The Hall–Kier alpha value is -1.55. The van der Waals surface area contributed by atoms with Gasteiger partial charge in [0, 0.05) is 19.0 Å². The van der Waals surface area contributed by atoms with Crippen LogP contribution in [0, 0.1) is 11.8 Å². The van der Waals surface area contributed by atoms with Gasteiger partial charge >= 0.3 is 0 Å². The third kappa shape index (κ3) is 3.05. The number of aryl methyl sites for hydroxylation is 1. The molecule has 3 unspecified atom stereocenters. The Morgan fingerprint density at radius 3 is 3.00 bits per heavy atom. The van der Waals surface area contributed by atoms with E-state index in [2.05, 4.69) is 13.0 Å². The number of carbonyl (C=O) groups is 1. The van der Waals surface area contributed by atoms with Crippen molar-refractivity contribution in [3.8, 4) is 5.75 Å². The van der Waals surface area contributed by atoms with Crippen molar-refractivity contribution in [2.75, 3.05) is 19.7 Å². The Kier molecular flexibility index (Phi) is 4.15. The summed E-state index contributed by atoms with van der Waals surface area (Å²) in [7, 11) is 0. The average molecular weight is 289 g/mol. The van der Waals surface area contributed by atoms with Crippen molar-refractivity contribution >= 4 is 5.91 Å². The number of ether oxygens (including phenoxy) is 1. The van der Waals surface area contributed by atoms with Crippen LogP contribution in [0.5, 0.6) is 5.75 Å². The zero-order valence-electron chi connectivity index (χ0n) is 12.5. The van der Waals surface area contributed by atoms with Crippen LogP contribution in [0.3, 0.4) is 0 Å². The van der Waals surface area contributed by atoms with E-state index in [4.69, 9.17) is 4.74 Å². The largest absolute Gasteiger partial charge is 0.484 e. The second-order valence-corrected chi connectivity index (χ2v) is 6.16. The van der Waals surface area contributed by atoms with Gasteiger partial charge in [0.2, 0.25) is 0 Å². The molecule has 1 amide bonds. The first-order valence-electron chi connectivity index (χ1n) is 7.85. The Morgan fingerprint density at radius 2 is 2.24 bits per heavy atom. The van der Waals surface area contributed by atoms with Crippen LogP contribution in [0.2, 0.25) is 0 Å². The topological polar surface area (TPSA) is 49.8 Å². The van der Waals surface area contributed by atoms with E-state index in [1.54, 1.807) is 0 Å². The van der Waals surface area contributed by atoms with Gasteiger partial charge < -0.3 is 14.7 Å². The monoisotopic (exact) mass is 289 g/mol. The van der Waals surface area contributed by atoms with Gasteiger partial charge in [-0.1, -0.05) is 19.1 Å². The second kappa shape index (κ2) is 6.06. The van der Waals surface area contributed by atoms with Crippen molar-refractivity contribution in [2.45, 2.75) is 32.3 Å². The Labute approximate surface area is 125 Å². The van der Waals surface area contributed by atoms with Gasteiger partial charge in [-0.3, -0.25) is 4.79 Å². The van der Waals surface area contributed by atoms with Crippen LogP contribution in [0.1, 0.15) is 25.3 Å². The van der Waals surface area contributed by atoms with Crippen molar-refractivity contribution in [2.24, 2.45) is 11.8 Å². The number of benzene rings is 1. The maximum absolute atomic E-state index is 12.2. The van der Waals surface area contributed by atoms with Gasteiger partial charge in [-0.15, -0.1) is 0 Å². The summed E-state index contributed by atoms with van der Waals surface area (Å²) < 4.78 is 5.62. The molecule has 114 valence electrons. The summed E-state index contributed by atoms with van der Waals surface area (Å²) in [4.78, 5) is 14.1. The molecule has 3 atom stereocenters. The van der Waals surface area contributed by atoms with Gasteiger partial charge in [0.05, 0.1) is 6.10 Å². The number of fused-ring (bicyclic) bond motifs is 1. The SMILES string of the molecule is CCc1cccc(OCC(=O)N2CC3CCC(O)C3C2)c1. The summed E-state index contributed by atoms with van der Waals surface area (Å²) in [6.45, 7) is 3.64. The van der Waals surface area contributed by atoms with Gasteiger partial charge in [0.25, 0.3) is 5.91 Å². The van der Waals surface area contributed by atoms with Crippen molar-refractivity contribution in [1.82, 2.24) is 4.90 Å². The molecule has 1 N–H and O–H groups in total. The lowest BCUT2D eigenvalue weighted by Gasteiger charge is -2.18. The van der Waals surface area contributed by atoms with E-state index in [-0.39, 0.29) is 24.5 Å². The number of likely N-dealkylation sites (tertiary alicyclic amines) is 1. The predicted molar refractivity (Wildman–Crippen MR) is 80.1 cm³/mol. The number of hydrogen-bond acceptors (Lipinski definition) is 3. The minimum atomic E-state index is -0.227. The van der Waals surface area contributed by atoms with Crippen LogP contribution >= 0.6 is 0 Å². The normalized spacial score (nSPS) is 27.7. The predicted octanol–water partition coefficient (Wildman–Crippen LogP) is 1.86. The molecule has 21 heavy (non-hydrogen) atoms. The standard InChI is InChI=1S/C17H23NO3/c1-2-12-4-3-5-14(8-12)21-11-17(20)18-9-13-6-7-16(19)15(13)10-18/h3-5,8,13,15-16,19H,2,6-7,9-11H2,1H3. The zero-order chi connectivity index (χ0) is 14.8. The number of hydrogen-bond donors (Lipinski definition) is 1. The molecule has 1 aromatic rings. The fraction of sp³-hybridized carbons (Fsp3) is 0.588. The van der Waals surface area contributed by atoms with E-state index in [1.165, 1.54) is 5.56 Å². The van der Waals surface area contributed by atoms with Gasteiger partial charge in [0.1, 0.15) is 5.75 Å². The van der Waals surface area contributed by atoms with Crippen molar-refractivity contribution in [3.63, 3.8) is 0 Å². The highest BCUT2D eigenvalue weighted by atomic mass is 16.5. The fourth-order valence-corrected chi connectivity index (χ4v) is 3.53. The van der Waals surface area contributed by atoms with Gasteiger partial charge in [0.15, 0.2) is 6.61 Å². The number of rotatable bonds is 4. The molecular weight excluding hydrogens is 266 g/mol. The lowest BCUT2D eigenvalue weighted by Crippen LogP contribution is -2.34. The minimum absolute atomic E-state index is 0.0264. The van der Waals surface area contributed by atoms with Crippen LogP contribution in [0.25, 0.3) is 0 Å². The summed E-state index contributed by atoms with van der Waals surface area (Å²) in [6.07, 6.45) is 2.65. The quantitative estimate of drug-likeness (QED) is 0.920. The molecule has 0 bridgehead atoms. The molecule has 1 aromatic carbocycles. The summed E-state index contributed by atoms with van der Waals surface area (Å²) in [6, 6.07) is 7.87. The highest BCUT2D eigenvalue weighted by Crippen LogP contribution is 2.38. The van der Waals surface area contributed by atoms with E-state index >= 15 is 0 Å². The summed E-state index contributed by atoms with van der Waals surface area (Å²) >= 11 is 0. The van der Waals surface area contributed by atoms with E-state index in [0.29, 0.717) is 12.5 Å². The molecule has 0 aromatic heterocycles. The molecule has 1 aliphatic carbocycles. The molecule has 4 nitrogen and oxygen atoms in total. The van der Waals surface area contributed by atoms with Crippen LogP contribution in [-0.4, -0.2) is 41.7 Å². The third-order valence-corrected chi connectivity index (χ3v) is 4.84. The molecule has 3 rings (SSSR count). The Morgan fingerprint density at radius 1 is 1.38 bits per heavy atom. The van der Waals surface area contributed by atoms with Crippen LogP contribution in [-0.2, 0) is 11.2 Å². The number of aliphatic hydroxyl groups excluding tert-OH is 1. The molecule has 2 aliphatic rings. The Bertz CT molecular complexity index is 517. The molecule has 0 spiro atoms. The first kappa shape index (κ1) is 14.4. The molecule has 1 heterocycles. The maximum atomic E-state index is 12.2. The molecule has 2 fully saturated rings. The van der Waals surface area contributed by atoms with Crippen molar-refractivity contribution in [3.05, 3.63) is 29.8 Å². The van der Waals surface area contributed by atoms with Gasteiger partial charge in [-0.05, 0) is 42.9 Å².